The molecule has 0 aliphatic heterocycles. The predicted octanol–water partition coefficient (Wildman–Crippen LogP) is 2.70. The second kappa shape index (κ2) is 3.90. The van der Waals surface area contributed by atoms with Gasteiger partial charge in [-0.05, 0) is 32.1 Å². The monoisotopic (exact) mass is 194 g/mol. The van der Waals surface area contributed by atoms with Gasteiger partial charge in [0.15, 0.2) is 0 Å². The fraction of sp³-hybridized carbons (Fsp3) is 0.917. The van der Waals surface area contributed by atoms with Crippen molar-refractivity contribution >= 4 is 0 Å². The lowest BCUT2D eigenvalue weighted by Gasteiger charge is -2.30. The average Bonchev–Trinajstić information content (AvgIpc) is 2.42. The van der Waals surface area contributed by atoms with Crippen molar-refractivity contribution < 1.29 is 0 Å². The summed E-state index contributed by atoms with van der Waals surface area (Å²) >= 11 is 0. The van der Waals surface area contributed by atoms with Gasteiger partial charge in [-0.25, -0.2) is 0 Å². The van der Waals surface area contributed by atoms with Gasteiger partial charge in [-0.2, -0.15) is 5.26 Å². The quantitative estimate of drug-likeness (QED) is 0.750. The Balaban J connectivity index is 2.43. The lowest BCUT2D eigenvalue weighted by Crippen LogP contribution is -2.42. The summed E-state index contributed by atoms with van der Waals surface area (Å²) in [6.07, 6.45) is 3.88. The highest BCUT2D eigenvalue weighted by molar-refractivity contribution is 4.97. The molecule has 0 heterocycles. The number of nitriles is 1. The van der Waals surface area contributed by atoms with Crippen LogP contribution in [-0.2, 0) is 0 Å². The summed E-state index contributed by atoms with van der Waals surface area (Å²) in [5, 5.41) is 12.4. The summed E-state index contributed by atoms with van der Waals surface area (Å²) in [4.78, 5) is 0. The van der Waals surface area contributed by atoms with Gasteiger partial charge in [0.1, 0.15) is 0 Å². The molecule has 1 N–H and O–H groups in total. The molecular weight excluding hydrogens is 172 g/mol. The number of nitrogens with one attached hydrogen (secondary N) is 1. The molecule has 0 spiro atoms. The van der Waals surface area contributed by atoms with E-state index < -0.39 is 0 Å². The Hall–Kier alpha value is -0.550. The molecule has 1 saturated carbocycles. The normalized spacial score (nSPS) is 26.1. The summed E-state index contributed by atoms with van der Waals surface area (Å²) < 4.78 is 0. The Bertz CT molecular complexity index is 235. The van der Waals surface area contributed by atoms with Gasteiger partial charge in [-0.3, -0.25) is 0 Å². The van der Waals surface area contributed by atoms with Crippen molar-refractivity contribution in [3.05, 3.63) is 0 Å². The smallest absolute Gasteiger partial charge is 0.0697 e. The van der Waals surface area contributed by atoms with E-state index in [1.54, 1.807) is 0 Å². The van der Waals surface area contributed by atoms with Crippen LogP contribution in [0.5, 0.6) is 0 Å². The van der Waals surface area contributed by atoms with E-state index in [9.17, 15) is 0 Å². The van der Waals surface area contributed by atoms with Gasteiger partial charge < -0.3 is 5.32 Å². The fourth-order valence-electron chi connectivity index (χ4n) is 2.12. The predicted molar refractivity (Wildman–Crippen MR) is 58.8 cm³/mol. The second-order valence-electron chi connectivity index (χ2n) is 5.81. The van der Waals surface area contributed by atoms with E-state index >= 15 is 0 Å². The summed E-state index contributed by atoms with van der Waals surface area (Å²) in [5.74, 6) is 0. The van der Waals surface area contributed by atoms with Crippen LogP contribution in [0.2, 0.25) is 0 Å². The van der Waals surface area contributed by atoms with Crippen molar-refractivity contribution in [1.29, 1.82) is 5.26 Å². The molecule has 0 aromatic heterocycles. The molecule has 0 saturated heterocycles. The number of hydrogen-bond acceptors (Lipinski definition) is 2. The van der Waals surface area contributed by atoms with E-state index in [1.165, 1.54) is 19.3 Å². The highest BCUT2D eigenvalue weighted by Crippen LogP contribution is 2.37. The van der Waals surface area contributed by atoms with Crippen LogP contribution < -0.4 is 5.32 Å². The Kier molecular flexibility index (Phi) is 3.21. The second-order valence-corrected chi connectivity index (χ2v) is 5.81. The highest BCUT2D eigenvalue weighted by atomic mass is 14.9. The molecule has 1 aliphatic rings. The fourth-order valence-corrected chi connectivity index (χ4v) is 2.12. The van der Waals surface area contributed by atoms with Crippen LogP contribution in [0.25, 0.3) is 0 Å². The molecule has 0 amide bonds. The van der Waals surface area contributed by atoms with Crippen molar-refractivity contribution in [2.45, 2.75) is 53.0 Å². The third-order valence-electron chi connectivity index (χ3n) is 3.35. The van der Waals surface area contributed by atoms with Gasteiger partial charge in [0, 0.05) is 12.6 Å². The number of rotatable bonds is 3. The first-order valence-electron chi connectivity index (χ1n) is 5.52. The van der Waals surface area contributed by atoms with E-state index in [2.05, 4.69) is 25.2 Å². The van der Waals surface area contributed by atoms with Crippen LogP contribution in [0, 0.1) is 22.2 Å². The number of nitrogens with zero attached hydrogens (tertiary/aromatic N) is 1. The largest absolute Gasteiger partial charge is 0.312 e. The minimum Gasteiger partial charge on any atom is -0.312 e. The Morgan fingerprint density at radius 2 is 2.14 bits per heavy atom. The van der Waals surface area contributed by atoms with E-state index in [0.29, 0.717) is 11.5 Å². The molecule has 0 aromatic rings. The van der Waals surface area contributed by atoms with Gasteiger partial charge in [-0.1, -0.05) is 20.3 Å². The zero-order valence-electron chi connectivity index (χ0n) is 9.85. The molecule has 14 heavy (non-hydrogen) atoms. The van der Waals surface area contributed by atoms with E-state index in [0.717, 1.165) is 6.54 Å². The summed E-state index contributed by atoms with van der Waals surface area (Å²) in [5.41, 5.74) is 0.171. The molecule has 2 heteroatoms. The lowest BCUT2D eigenvalue weighted by molar-refractivity contribution is 0.264. The maximum atomic E-state index is 8.91. The maximum Gasteiger partial charge on any atom is 0.0697 e. The first kappa shape index (κ1) is 11.5. The Morgan fingerprint density at radius 3 is 2.57 bits per heavy atom. The third kappa shape index (κ3) is 2.72. The minimum atomic E-state index is -0.237. The summed E-state index contributed by atoms with van der Waals surface area (Å²) in [6, 6.07) is 2.92. The molecular formula is C12H22N2. The number of hydrogen-bond donors (Lipinski definition) is 1. The van der Waals surface area contributed by atoms with Crippen molar-refractivity contribution in [3.63, 3.8) is 0 Å². The molecule has 0 radical (unpaired) electrons. The van der Waals surface area contributed by atoms with Crippen molar-refractivity contribution in [2.24, 2.45) is 10.8 Å². The third-order valence-corrected chi connectivity index (χ3v) is 3.35. The van der Waals surface area contributed by atoms with Crippen LogP contribution in [0.4, 0.5) is 0 Å². The zero-order chi connectivity index (χ0) is 10.8. The standard InChI is InChI=1S/C12H22N2/c1-11(2,8-13)9-14-10-6-5-7-12(10,3)4/h10,14H,5-7,9H2,1-4H3. The van der Waals surface area contributed by atoms with Crippen molar-refractivity contribution in [3.8, 4) is 6.07 Å². The molecule has 1 rings (SSSR count). The van der Waals surface area contributed by atoms with Gasteiger partial charge in [0.2, 0.25) is 0 Å². The van der Waals surface area contributed by atoms with Crippen LogP contribution in [0.15, 0.2) is 0 Å². The molecule has 1 aliphatic carbocycles. The van der Waals surface area contributed by atoms with E-state index in [4.69, 9.17) is 5.26 Å². The Labute approximate surface area is 87.7 Å². The summed E-state index contributed by atoms with van der Waals surface area (Å²) in [6.45, 7) is 9.41. The zero-order valence-corrected chi connectivity index (χ0v) is 9.85. The van der Waals surface area contributed by atoms with E-state index in [1.807, 2.05) is 13.8 Å². The lowest BCUT2D eigenvalue weighted by atomic mass is 9.86. The Morgan fingerprint density at radius 1 is 1.50 bits per heavy atom. The molecule has 1 fully saturated rings. The molecule has 0 bridgehead atoms. The molecule has 2 nitrogen and oxygen atoms in total. The van der Waals surface area contributed by atoms with Crippen LogP contribution >= 0.6 is 0 Å². The van der Waals surface area contributed by atoms with Crippen LogP contribution in [-0.4, -0.2) is 12.6 Å². The van der Waals surface area contributed by atoms with Crippen LogP contribution in [0.1, 0.15) is 47.0 Å². The van der Waals surface area contributed by atoms with Gasteiger partial charge in [-0.15, -0.1) is 0 Å². The highest BCUT2D eigenvalue weighted by Gasteiger charge is 2.34. The molecule has 1 atom stereocenters. The average molecular weight is 194 g/mol. The molecule has 80 valence electrons. The topological polar surface area (TPSA) is 35.8 Å². The van der Waals surface area contributed by atoms with Crippen molar-refractivity contribution in [1.82, 2.24) is 5.32 Å². The van der Waals surface area contributed by atoms with Gasteiger partial charge >= 0.3 is 0 Å². The first-order valence-corrected chi connectivity index (χ1v) is 5.52. The summed E-state index contributed by atoms with van der Waals surface area (Å²) in [7, 11) is 0. The minimum absolute atomic E-state index is 0.237. The van der Waals surface area contributed by atoms with Gasteiger partial charge in [0.05, 0.1) is 11.5 Å². The molecule has 1 unspecified atom stereocenters. The van der Waals surface area contributed by atoms with Crippen molar-refractivity contribution in [2.75, 3.05) is 6.54 Å². The van der Waals surface area contributed by atoms with Crippen LogP contribution in [0.3, 0.4) is 0 Å². The first-order chi connectivity index (χ1) is 6.37. The SMILES string of the molecule is CC(C)(C#N)CNC1CCCC1(C)C. The maximum absolute atomic E-state index is 8.91. The van der Waals surface area contributed by atoms with E-state index in [-0.39, 0.29) is 5.41 Å². The molecule has 0 aromatic carbocycles. The van der Waals surface area contributed by atoms with Gasteiger partial charge in [0.25, 0.3) is 0 Å².